The van der Waals surface area contributed by atoms with Crippen molar-refractivity contribution >= 4 is 5.91 Å². The van der Waals surface area contributed by atoms with E-state index < -0.39 is 0 Å². The molecule has 4 aromatic rings. The Labute approximate surface area is 185 Å². The third-order valence-corrected chi connectivity index (χ3v) is 4.74. The van der Waals surface area contributed by atoms with Crippen LogP contribution in [0.25, 0.3) is 17.3 Å². The molecule has 0 unspecified atom stereocenters. The van der Waals surface area contributed by atoms with Crippen molar-refractivity contribution in [2.45, 2.75) is 33.2 Å². The summed E-state index contributed by atoms with van der Waals surface area (Å²) in [5.74, 6) is 2.28. The number of rotatable bonds is 8. The molecule has 1 N–H and O–H groups in total. The molecule has 0 saturated heterocycles. The highest BCUT2D eigenvalue weighted by atomic mass is 16.5. The molecule has 0 bridgehead atoms. The lowest BCUT2D eigenvalue weighted by Crippen LogP contribution is -2.23. The van der Waals surface area contributed by atoms with E-state index in [4.69, 9.17) is 9.26 Å². The molecule has 1 aromatic carbocycles. The number of ether oxygens (including phenoxy) is 1. The molecule has 4 rings (SSSR count). The first-order valence-corrected chi connectivity index (χ1v) is 10.4. The molecule has 9 nitrogen and oxygen atoms in total. The van der Waals surface area contributed by atoms with Crippen LogP contribution < -0.4 is 10.1 Å². The van der Waals surface area contributed by atoms with Gasteiger partial charge in [0, 0.05) is 36.0 Å². The minimum Gasteiger partial charge on any atom is -0.494 e. The molecular formula is C23H24N6O3. The van der Waals surface area contributed by atoms with Crippen molar-refractivity contribution in [3.8, 4) is 23.0 Å². The Kier molecular flexibility index (Phi) is 6.25. The molecule has 3 aromatic heterocycles. The Bertz CT molecular complexity index is 1210. The van der Waals surface area contributed by atoms with Gasteiger partial charge in [0.25, 0.3) is 11.8 Å². The highest BCUT2D eigenvalue weighted by Gasteiger charge is 2.15. The summed E-state index contributed by atoms with van der Waals surface area (Å²) in [6.45, 7) is 6.82. The molecule has 3 heterocycles. The van der Waals surface area contributed by atoms with Crippen LogP contribution in [0.3, 0.4) is 0 Å². The Morgan fingerprint density at radius 1 is 1.22 bits per heavy atom. The predicted molar refractivity (Wildman–Crippen MR) is 118 cm³/mol. The fraction of sp³-hybridized carbons (Fsp3) is 0.261. The second-order valence-corrected chi connectivity index (χ2v) is 7.40. The van der Waals surface area contributed by atoms with Crippen molar-refractivity contribution in [2.75, 3.05) is 6.61 Å². The van der Waals surface area contributed by atoms with Crippen LogP contribution in [0, 0.1) is 0 Å². The number of amides is 1. The van der Waals surface area contributed by atoms with E-state index in [0.29, 0.717) is 30.7 Å². The molecule has 32 heavy (non-hydrogen) atoms. The summed E-state index contributed by atoms with van der Waals surface area (Å²) in [6, 6.07) is 11.2. The van der Waals surface area contributed by atoms with E-state index >= 15 is 0 Å². The van der Waals surface area contributed by atoms with Crippen molar-refractivity contribution in [1.29, 1.82) is 0 Å². The maximum atomic E-state index is 12.6. The SMILES string of the molecule is CCOc1ccccc1CNC(=O)c1cn(-c2cc(-c3nc(C(C)C)no3)ccn2)cn1. The molecule has 0 aliphatic rings. The lowest BCUT2D eigenvalue weighted by molar-refractivity contribution is 0.0946. The minimum absolute atomic E-state index is 0.170. The van der Waals surface area contributed by atoms with Crippen LogP contribution in [0.1, 0.15) is 48.6 Å². The summed E-state index contributed by atoms with van der Waals surface area (Å²) >= 11 is 0. The second kappa shape index (κ2) is 9.42. The van der Waals surface area contributed by atoms with Gasteiger partial charge in [-0.2, -0.15) is 4.98 Å². The zero-order valence-corrected chi connectivity index (χ0v) is 18.1. The number of nitrogens with one attached hydrogen (secondary N) is 1. The first kappa shape index (κ1) is 21.2. The number of benzene rings is 1. The number of carbonyl (C=O) groups excluding carboxylic acids is 1. The Morgan fingerprint density at radius 3 is 2.84 bits per heavy atom. The van der Waals surface area contributed by atoms with E-state index in [0.717, 1.165) is 16.9 Å². The van der Waals surface area contributed by atoms with E-state index in [1.165, 1.54) is 0 Å². The molecule has 164 valence electrons. The maximum absolute atomic E-state index is 12.6. The topological polar surface area (TPSA) is 108 Å². The van der Waals surface area contributed by atoms with Gasteiger partial charge in [0.2, 0.25) is 0 Å². The standard InChI is InChI=1S/C23H24N6O3/c1-4-31-19-8-6-5-7-17(19)12-25-22(30)18-13-29(14-26-18)20-11-16(9-10-24-20)23-27-21(15(2)3)28-32-23/h5-11,13-15H,4,12H2,1-3H3,(H,25,30). The summed E-state index contributed by atoms with van der Waals surface area (Å²) in [6.07, 6.45) is 4.82. The van der Waals surface area contributed by atoms with Crippen LogP contribution >= 0.6 is 0 Å². The summed E-state index contributed by atoms with van der Waals surface area (Å²) in [7, 11) is 0. The Hall–Kier alpha value is -4.01. The highest BCUT2D eigenvalue weighted by molar-refractivity contribution is 5.92. The van der Waals surface area contributed by atoms with Crippen molar-refractivity contribution < 1.29 is 14.1 Å². The predicted octanol–water partition coefficient (Wildman–Crippen LogP) is 3.77. The van der Waals surface area contributed by atoms with Crippen LogP contribution in [-0.2, 0) is 6.54 Å². The zero-order valence-electron chi connectivity index (χ0n) is 18.1. The van der Waals surface area contributed by atoms with Crippen molar-refractivity contribution in [1.82, 2.24) is 30.0 Å². The molecular weight excluding hydrogens is 408 g/mol. The summed E-state index contributed by atoms with van der Waals surface area (Å²) in [5, 5.41) is 6.88. The third kappa shape index (κ3) is 4.66. The minimum atomic E-state index is -0.287. The van der Waals surface area contributed by atoms with Crippen LogP contribution in [-0.4, -0.2) is 37.2 Å². The lowest BCUT2D eigenvalue weighted by Gasteiger charge is -2.10. The van der Waals surface area contributed by atoms with Gasteiger partial charge in [-0.3, -0.25) is 9.36 Å². The summed E-state index contributed by atoms with van der Waals surface area (Å²) < 4.78 is 12.6. The van der Waals surface area contributed by atoms with Gasteiger partial charge < -0.3 is 14.6 Å². The number of nitrogens with zero attached hydrogens (tertiary/aromatic N) is 5. The first-order chi connectivity index (χ1) is 15.5. The van der Waals surface area contributed by atoms with Gasteiger partial charge in [-0.25, -0.2) is 9.97 Å². The van der Waals surface area contributed by atoms with Gasteiger partial charge >= 0.3 is 0 Å². The first-order valence-electron chi connectivity index (χ1n) is 10.4. The molecule has 0 aliphatic heterocycles. The fourth-order valence-electron chi connectivity index (χ4n) is 3.06. The summed E-state index contributed by atoms with van der Waals surface area (Å²) in [4.78, 5) is 25.6. The maximum Gasteiger partial charge on any atom is 0.271 e. The van der Waals surface area contributed by atoms with E-state index in [1.54, 1.807) is 35.4 Å². The molecule has 0 saturated carbocycles. The molecule has 0 atom stereocenters. The average molecular weight is 432 g/mol. The van der Waals surface area contributed by atoms with Gasteiger partial charge in [0.15, 0.2) is 5.82 Å². The van der Waals surface area contributed by atoms with Crippen molar-refractivity contribution in [2.24, 2.45) is 0 Å². The lowest BCUT2D eigenvalue weighted by atomic mass is 10.2. The zero-order chi connectivity index (χ0) is 22.5. The largest absolute Gasteiger partial charge is 0.494 e. The molecule has 0 spiro atoms. The van der Waals surface area contributed by atoms with Gasteiger partial charge in [0.05, 0.1) is 6.61 Å². The number of imidazole rings is 1. The van der Waals surface area contributed by atoms with Crippen LogP contribution in [0.15, 0.2) is 59.6 Å². The van der Waals surface area contributed by atoms with E-state index in [9.17, 15) is 4.79 Å². The number of hydrogen-bond donors (Lipinski definition) is 1. The normalized spacial score (nSPS) is 11.0. The highest BCUT2D eigenvalue weighted by Crippen LogP contribution is 2.21. The van der Waals surface area contributed by atoms with Crippen LogP contribution in [0.2, 0.25) is 0 Å². The van der Waals surface area contributed by atoms with E-state index in [-0.39, 0.29) is 17.5 Å². The van der Waals surface area contributed by atoms with Gasteiger partial charge in [-0.15, -0.1) is 0 Å². The number of carbonyl (C=O) groups is 1. The number of hydrogen-bond acceptors (Lipinski definition) is 7. The smallest absolute Gasteiger partial charge is 0.271 e. The molecule has 0 radical (unpaired) electrons. The second-order valence-electron chi connectivity index (χ2n) is 7.40. The number of para-hydroxylation sites is 1. The van der Waals surface area contributed by atoms with Crippen LogP contribution in [0.5, 0.6) is 5.75 Å². The van der Waals surface area contributed by atoms with E-state index in [1.807, 2.05) is 45.0 Å². The van der Waals surface area contributed by atoms with Crippen LogP contribution in [0.4, 0.5) is 0 Å². The van der Waals surface area contributed by atoms with E-state index in [2.05, 4.69) is 25.4 Å². The Morgan fingerprint density at radius 2 is 2.06 bits per heavy atom. The van der Waals surface area contributed by atoms with Crippen molar-refractivity contribution in [3.05, 3.63) is 72.2 Å². The summed E-state index contributed by atoms with van der Waals surface area (Å²) in [5.41, 5.74) is 1.92. The fourth-order valence-corrected chi connectivity index (χ4v) is 3.06. The molecule has 9 heteroatoms. The third-order valence-electron chi connectivity index (χ3n) is 4.74. The van der Waals surface area contributed by atoms with Gasteiger partial charge in [0.1, 0.15) is 23.6 Å². The van der Waals surface area contributed by atoms with Gasteiger partial charge in [-0.1, -0.05) is 37.2 Å². The van der Waals surface area contributed by atoms with Gasteiger partial charge in [-0.05, 0) is 25.1 Å². The monoisotopic (exact) mass is 432 g/mol. The molecule has 1 amide bonds. The molecule has 0 aliphatic carbocycles. The van der Waals surface area contributed by atoms with Crippen molar-refractivity contribution in [3.63, 3.8) is 0 Å². The Balaban J connectivity index is 1.47. The number of pyridine rings is 1. The quantitative estimate of drug-likeness (QED) is 0.451. The number of aromatic nitrogens is 5. The molecule has 0 fully saturated rings. The average Bonchev–Trinajstić information content (AvgIpc) is 3.49.